The summed E-state index contributed by atoms with van der Waals surface area (Å²) in [6, 6.07) is 0.878. The Kier molecular flexibility index (Phi) is 4.99. The van der Waals surface area contributed by atoms with Gasteiger partial charge in [-0.25, -0.2) is 4.39 Å². The minimum atomic E-state index is -0.537. The molecule has 0 fully saturated rings. The van der Waals surface area contributed by atoms with E-state index in [1.807, 2.05) is 0 Å². The molecule has 0 aliphatic heterocycles. The summed E-state index contributed by atoms with van der Waals surface area (Å²) in [6.07, 6.45) is 2.37. The van der Waals surface area contributed by atoms with E-state index >= 15 is 0 Å². The van der Waals surface area contributed by atoms with Crippen molar-refractivity contribution in [3.05, 3.63) is 29.8 Å². The van der Waals surface area contributed by atoms with Gasteiger partial charge in [-0.15, -0.1) is 0 Å². The summed E-state index contributed by atoms with van der Waals surface area (Å²) in [6.45, 7) is 0.697. The number of methoxy groups -OCH3 is 1. The topological polar surface area (TPSA) is 68.5 Å². The predicted molar refractivity (Wildman–Crippen MR) is 61.0 cm³/mol. The number of aromatic nitrogens is 1. The summed E-state index contributed by atoms with van der Waals surface area (Å²) in [5.74, 6) is -0.853. The first-order valence-corrected chi connectivity index (χ1v) is 5.15. The average Bonchev–Trinajstić information content (AvgIpc) is 2.28. The van der Waals surface area contributed by atoms with Crippen molar-refractivity contribution in [2.24, 2.45) is 5.73 Å². The Labute approximate surface area is 99.4 Å². The first-order chi connectivity index (χ1) is 8.04. The van der Waals surface area contributed by atoms with Gasteiger partial charge >= 0.3 is 0 Å². The van der Waals surface area contributed by atoms with E-state index in [9.17, 15) is 9.18 Å². The number of carbonyl (C=O) groups excluding carboxylic acids is 1. The molecule has 1 unspecified atom stereocenters. The maximum atomic E-state index is 12.9. The van der Waals surface area contributed by atoms with Crippen LogP contribution in [0.2, 0.25) is 0 Å². The smallest absolute Gasteiger partial charge is 0.255 e. The van der Waals surface area contributed by atoms with Crippen LogP contribution in [0.15, 0.2) is 18.5 Å². The van der Waals surface area contributed by atoms with E-state index in [2.05, 4.69) is 4.98 Å². The van der Waals surface area contributed by atoms with Crippen molar-refractivity contribution in [1.82, 2.24) is 9.88 Å². The van der Waals surface area contributed by atoms with Gasteiger partial charge in [0.1, 0.15) is 5.82 Å². The van der Waals surface area contributed by atoms with E-state index in [0.717, 1.165) is 12.3 Å². The molecule has 1 aromatic heterocycles. The Morgan fingerprint density at radius 1 is 1.65 bits per heavy atom. The molecule has 0 aliphatic carbocycles. The van der Waals surface area contributed by atoms with Crippen LogP contribution in [0.1, 0.15) is 10.4 Å². The van der Waals surface area contributed by atoms with Crippen molar-refractivity contribution in [3.63, 3.8) is 0 Å². The van der Waals surface area contributed by atoms with Crippen LogP contribution in [0.5, 0.6) is 0 Å². The Bertz CT molecular complexity index is 387. The standard InChI is InChI=1S/C11H16FN3O2/c1-15(6-10(13)7-17-2)11(16)8-3-9(12)5-14-4-8/h3-5,10H,6-7,13H2,1-2H3. The Morgan fingerprint density at radius 2 is 2.35 bits per heavy atom. The van der Waals surface area contributed by atoms with Crippen LogP contribution in [0.3, 0.4) is 0 Å². The summed E-state index contributed by atoms with van der Waals surface area (Å²) in [5, 5.41) is 0. The molecule has 6 heteroatoms. The molecule has 0 saturated carbocycles. The van der Waals surface area contributed by atoms with Crippen LogP contribution in [-0.4, -0.2) is 49.1 Å². The second-order valence-electron chi connectivity index (χ2n) is 3.79. The van der Waals surface area contributed by atoms with E-state index in [-0.39, 0.29) is 17.5 Å². The van der Waals surface area contributed by atoms with Gasteiger partial charge < -0.3 is 15.4 Å². The van der Waals surface area contributed by atoms with Gasteiger partial charge in [0.2, 0.25) is 0 Å². The quantitative estimate of drug-likeness (QED) is 0.803. The highest BCUT2D eigenvalue weighted by Gasteiger charge is 2.15. The summed E-state index contributed by atoms with van der Waals surface area (Å²) in [5.41, 5.74) is 5.93. The number of carbonyl (C=O) groups is 1. The molecule has 0 aliphatic rings. The van der Waals surface area contributed by atoms with E-state index in [4.69, 9.17) is 10.5 Å². The van der Waals surface area contributed by atoms with Crippen molar-refractivity contribution in [2.45, 2.75) is 6.04 Å². The minimum Gasteiger partial charge on any atom is -0.383 e. The van der Waals surface area contributed by atoms with E-state index in [1.165, 1.54) is 18.2 Å². The number of nitrogens with zero attached hydrogens (tertiary/aromatic N) is 2. The molecule has 1 aromatic rings. The van der Waals surface area contributed by atoms with Crippen LogP contribution in [0, 0.1) is 5.82 Å². The number of likely N-dealkylation sites (N-methyl/N-ethyl adjacent to an activating group) is 1. The maximum Gasteiger partial charge on any atom is 0.255 e. The first kappa shape index (κ1) is 13.5. The molecule has 1 heterocycles. The van der Waals surface area contributed by atoms with Crippen molar-refractivity contribution in [3.8, 4) is 0 Å². The minimum absolute atomic E-state index is 0.206. The van der Waals surface area contributed by atoms with Crippen LogP contribution in [0.25, 0.3) is 0 Å². The molecule has 1 amide bonds. The monoisotopic (exact) mass is 241 g/mol. The summed E-state index contributed by atoms with van der Waals surface area (Å²) < 4.78 is 17.8. The molecule has 0 aromatic carbocycles. The van der Waals surface area contributed by atoms with E-state index in [0.29, 0.717) is 13.2 Å². The van der Waals surface area contributed by atoms with Gasteiger partial charge in [0.15, 0.2) is 0 Å². The second-order valence-corrected chi connectivity index (χ2v) is 3.79. The van der Waals surface area contributed by atoms with Crippen LogP contribution >= 0.6 is 0 Å². The summed E-state index contributed by atoms with van der Waals surface area (Å²) in [4.78, 5) is 16.9. The molecule has 2 N–H and O–H groups in total. The molecule has 94 valence electrons. The zero-order valence-electron chi connectivity index (χ0n) is 9.89. The van der Waals surface area contributed by atoms with Crippen molar-refractivity contribution >= 4 is 5.91 Å². The van der Waals surface area contributed by atoms with Crippen LogP contribution in [-0.2, 0) is 4.74 Å². The molecular formula is C11H16FN3O2. The zero-order chi connectivity index (χ0) is 12.8. The van der Waals surface area contributed by atoms with Gasteiger partial charge in [-0.05, 0) is 6.07 Å². The van der Waals surface area contributed by atoms with Crippen molar-refractivity contribution in [2.75, 3.05) is 27.3 Å². The molecule has 5 nitrogen and oxygen atoms in total. The molecule has 1 atom stereocenters. The normalized spacial score (nSPS) is 12.2. The SMILES string of the molecule is COCC(N)CN(C)C(=O)c1cncc(F)c1. The number of nitrogens with two attached hydrogens (primary N) is 1. The molecular weight excluding hydrogens is 225 g/mol. The lowest BCUT2D eigenvalue weighted by Crippen LogP contribution is -2.41. The molecule has 1 rings (SSSR count). The number of amides is 1. The third-order valence-corrected chi connectivity index (χ3v) is 2.19. The van der Waals surface area contributed by atoms with Gasteiger partial charge in [-0.2, -0.15) is 0 Å². The van der Waals surface area contributed by atoms with Gasteiger partial charge in [0.25, 0.3) is 5.91 Å². The molecule has 17 heavy (non-hydrogen) atoms. The Balaban J connectivity index is 2.63. The lowest BCUT2D eigenvalue weighted by atomic mass is 10.2. The van der Waals surface area contributed by atoms with E-state index < -0.39 is 5.82 Å². The third kappa shape index (κ3) is 4.08. The number of ether oxygens (including phenoxy) is 1. The Hall–Kier alpha value is -1.53. The first-order valence-electron chi connectivity index (χ1n) is 5.15. The lowest BCUT2D eigenvalue weighted by molar-refractivity contribution is 0.0763. The summed E-state index contributed by atoms with van der Waals surface area (Å²) in [7, 11) is 3.14. The molecule has 0 spiro atoms. The highest BCUT2D eigenvalue weighted by atomic mass is 19.1. The largest absolute Gasteiger partial charge is 0.383 e. The third-order valence-electron chi connectivity index (χ3n) is 2.19. The summed E-state index contributed by atoms with van der Waals surface area (Å²) >= 11 is 0. The second kappa shape index (κ2) is 6.27. The van der Waals surface area contributed by atoms with Gasteiger partial charge in [0, 0.05) is 32.9 Å². The highest BCUT2D eigenvalue weighted by Crippen LogP contribution is 2.04. The van der Waals surface area contributed by atoms with Crippen LogP contribution in [0.4, 0.5) is 4.39 Å². The number of halogens is 1. The fraction of sp³-hybridized carbons (Fsp3) is 0.455. The number of rotatable bonds is 5. The van der Waals surface area contributed by atoms with Crippen molar-refractivity contribution < 1.29 is 13.9 Å². The maximum absolute atomic E-state index is 12.9. The highest BCUT2D eigenvalue weighted by molar-refractivity contribution is 5.93. The fourth-order valence-electron chi connectivity index (χ4n) is 1.45. The Morgan fingerprint density at radius 3 is 2.94 bits per heavy atom. The molecule has 0 bridgehead atoms. The average molecular weight is 241 g/mol. The van der Waals surface area contributed by atoms with Crippen LogP contribution < -0.4 is 5.73 Å². The zero-order valence-corrected chi connectivity index (χ0v) is 9.89. The fourth-order valence-corrected chi connectivity index (χ4v) is 1.45. The molecule has 0 radical (unpaired) electrons. The predicted octanol–water partition coefficient (Wildman–Crippen LogP) is 0.266. The number of hydrogen-bond donors (Lipinski definition) is 1. The van der Waals surface area contributed by atoms with Gasteiger partial charge in [0.05, 0.1) is 18.4 Å². The number of hydrogen-bond acceptors (Lipinski definition) is 4. The lowest BCUT2D eigenvalue weighted by Gasteiger charge is -2.21. The van der Waals surface area contributed by atoms with Gasteiger partial charge in [-0.3, -0.25) is 9.78 Å². The van der Waals surface area contributed by atoms with Gasteiger partial charge in [-0.1, -0.05) is 0 Å². The van der Waals surface area contributed by atoms with Crippen molar-refractivity contribution in [1.29, 1.82) is 0 Å². The molecule has 0 saturated heterocycles. The number of pyridine rings is 1. The van der Waals surface area contributed by atoms with E-state index in [1.54, 1.807) is 7.05 Å².